The molecule has 0 aliphatic heterocycles. The highest BCUT2D eigenvalue weighted by Crippen LogP contribution is 2.16. The molecule has 0 bridgehead atoms. The lowest BCUT2D eigenvalue weighted by atomic mass is 10.2. The molecule has 0 saturated carbocycles. The first kappa shape index (κ1) is 15.8. The molecule has 0 fully saturated rings. The maximum absolute atomic E-state index is 12.2. The van der Waals surface area contributed by atoms with Crippen LogP contribution in [0, 0.1) is 0 Å². The van der Waals surface area contributed by atoms with Gasteiger partial charge < -0.3 is 14.8 Å². The molecule has 0 saturated heterocycles. The molecule has 4 nitrogen and oxygen atoms in total. The molecule has 0 spiro atoms. The number of rotatable bonds is 6. The molecule has 0 radical (unpaired) electrons. The normalized spacial score (nSPS) is 10.4. The largest absolute Gasteiger partial charge is 0.497 e. The van der Waals surface area contributed by atoms with Gasteiger partial charge in [-0.1, -0.05) is 18.2 Å². The Bertz CT molecular complexity index is 647. The van der Waals surface area contributed by atoms with E-state index in [2.05, 4.69) is 10.1 Å². The first-order valence-electron chi connectivity index (χ1n) is 6.54. The van der Waals surface area contributed by atoms with E-state index >= 15 is 0 Å². The molecule has 2 aromatic rings. The van der Waals surface area contributed by atoms with Crippen LogP contribution < -0.4 is 14.8 Å². The highest BCUT2D eigenvalue weighted by molar-refractivity contribution is 5.94. The van der Waals surface area contributed by atoms with Crippen LogP contribution in [0.25, 0.3) is 0 Å². The summed E-state index contributed by atoms with van der Waals surface area (Å²) in [7, 11) is 1.56. The van der Waals surface area contributed by atoms with Crippen LogP contribution in [-0.2, 0) is 6.54 Å². The summed E-state index contributed by atoms with van der Waals surface area (Å²) in [5.74, 6) is 0.269. The molecule has 0 aliphatic carbocycles. The minimum Gasteiger partial charge on any atom is -0.497 e. The molecule has 0 atom stereocenters. The summed E-state index contributed by atoms with van der Waals surface area (Å²) < 4.78 is 33.7. The third kappa shape index (κ3) is 4.44. The zero-order chi connectivity index (χ0) is 15.9. The van der Waals surface area contributed by atoms with Gasteiger partial charge in [0.2, 0.25) is 0 Å². The van der Waals surface area contributed by atoms with Crippen LogP contribution in [-0.4, -0.2) is 19.6 Å². The van der Waals surface area contributed by atoms with E-state index in [1.807, 2.05) is 12.1 Å². The quantitative estimate of drug-likeness (QED) is 0.891. The maximum Gasteiger partial charge on any atom is 0.387 e. The second-order valence-corrected chi connectivity index (χ2v) is 4.44. The van der Waals surface area contributed by atoms with E-state index in [0.29, 0.717) is 12.3 Å². The van der Waals surface area contributed by atoms with Gasteiger partial charge in [-0.05, 0) is 35.9 Å². The summed E-state index contributed by atoms with van der Waals surface area (Å²) in [6.07, 6.45) is 0. The lowest BCUT2D eigenvalue weighted by Gasteiger charge is -2.09. The lowest BCUT2D eigenvalue weighted by Crippen LogP contribution is -2.22. The van der Waals surface area contributed by atoms with Gasteiger partial charge in [0.05, 0.1) is 7.11 Å². The molecule has 0 heterocycles. The predicted molar refractivity (Wildman–Crippen MR) is 77.2 cm³/mol. The van der Waals surface area contributed by atoms with Gasteiger partial charge >= 0.3 is 6.61 Å². The van der Waals surface area contributed by atoms with Crippen molar-refractivity contribution >= 4 is 5.91 Å². The average Bonchev–Trinajstić information content (AvgIpc) is 2.52. The van der Waals surface area contributed by atoms with Gasteiger partial charge in [-0.15, -0.1) is 0 Å². The first-order valence-corrected chi connectivity index (χ1v) is 6.54. The number of hydrogen-bond acceptors (Lipinski definition) is 3. The van der Waals surface area contributed by atoms with Crippen molar-refractivity contribution in [3.8, 4) is 11.5 Å². The fraction of sp³-hybridized carbons (Fsp3) is 0.188. The summed E-state index contributed by atoms with van der Waals surface area (Å²) in [6, 6.07) is 12.9. The van der Waals surface area contributed by atoms with Gasteiger partial charge in [-0.3, -0.25) is 4.79 Å². The molecular formula is C16H15F2NO3. The number of amides is 1. The molecule has 0 unspecified atom stereocenters. The Morgan fingerprint density at radius 3 is 2.59 bits per heavy atom. The predicted octanol–water partition coefficient (Wildman–Crippen LogP) is 3.23. The van der Waals surface area contributed by atoms with E-state index in [1.54, 1.807) is 19.2 Å². The van der Waals surface area contributed by atoms with Crippen LogP contribution in [0.5, 0.6) is 11.5 Å². The standard InChI is InChI=1S/C16H15F2NO3/c1-21-13-6-2-4-11(8-13)10-19-15(20)12-5-3-7-14(9-12)22-16(17)18/h2-9,16H,10H2,1H3,(H,19,20). The number of carbonyl (C=O) groups excluding carboxylic acids is 1. The molecule has 22 heavy (non-hydrogen) atoms. The van der Waals surface area contributed by atoms with Gasteiger partial charge in [0, 0.05) is 12.1 Å². The zero-order valence-corrected chi connectivity index (χ0v) is 11.9. The van der Waals surface area contributed by atoms with E-state index < -0.39 is 6.61 Å². The fourth-order valence-corrected chi connectivity index (χ4v) is 1.88. The Kier molecular flexibility index (Phi) is 5.30. The van der Waals surface area contributed by atoms with Crippen LogP contribution >= 0.6 is 0 Å². The molecule has 1 N–H and O–H groups in total. The van der Waals surface area contributed by atoms with Crippen molar-refractivity contribution in [2.75, 3.05) is 7.11 Å². The van der Waals surface area contributed by atoms with Crippen LogP contribution in [0.1, 0.15) is 15.9 Å². The highest BCUT2D eigenvalue weighted by atomic mass is 19.3. The van der Waals surface area contributed by atoms with Gasteiger partial charge in [0.25, 0.3) is 5.91 Å². The molecule has 2 rings (SSSR count). The summed E-state index contributed by atoms with van der Waals surface area (Å²) in [5, 5.41) is 2.71. The second kappa shape index (κ2) is 7.40. The number of carbonyl (C=O) groups is 1. The third-order valence-electron chi connectivity index (χ3n) is 2.91. The van der Waals surface area contributed by atoms with Crippen molar-refractivity contribution in [1.29, 1.82) is 0 Å². The molecule has 0 aliphatic rings. The third-order valence-corrected chi connectivity index (χ3v) is 2.91. The van der Waals surface area contributed by atoms with Crippen molar-refractivity contribution in [3.63, 3.8) is 0 Å². The summed E-state index contributed by atoms with van der Waals surface area (Å²) in [5.41, 5.74) is 1.12. The minimum atomic E-state index is -2.92. The van der Waals surface area contributed by atoms with Crippen LogP contribution in [0.15, 0.2) is 48.5 Å². The minimum absolute atomic E-state index is 0.0518. The van der Waals surface area contributed by atoms with Crippen LogP contribution in [0.2, 0.25) is 0 Å². The number of halogens is 2. The molecule has 0 aromatic heterocycles. The summed E-state index contributed by atoms with van der Waals surface area (Å²) in [6.45, 7) is -2.62. The van der Waals surface area contributed by atoms with Crippen molar-refractivity contribution in [2.24, 2.45) is 0 Å². The zero-order valence-electron chi connectivity index (χ0n) is 11.9. The van der Waals surface area contributed by atoms with Crippen LogP contribution in [0.3, 0.4) is 0 Å². The van der Waals surface area contributed by atoms with Crippen molar-refractivity contribution in [3.05, 3.63) is 59.7 Å². The molecule has 6 heteroatoms. The Balaban J connectivity index is 1.99. The van der Waals surface area contributed by atoms with E-state index in [0.717, 1.165) is 5.56 Å². The Morgan fingerprint density at radius 2 is 1.86 bits per heavy atom. The van der Waals surface area contributed by atoms with Gasteiger partial charge in [0.1, 0.15) is 11.5 Å². The maximum atomic E-state index is 12.2. The lowest BCUT2D eigenvalue weighted by molar-refractivity contribution is -0.0498. The first-order chi connectivity index (χ1) is 10.6. The molecule has 1 amide bonds. The van der Waals surface area contributed by atoms with E-state index in [-0.39, 0.29) is 17.2 Å². The second-order valence-electron chi connectivity index (χ2n) is 4.44. The molecule has 116 valence electrons. The van der Waals surface area contributed by atoms with E-state index in [1.165, 1.54) is 24.3 Å². The van der Waals surface area contributed by atoms with Gasteiger partial charge in [0.15, 0.2) is 0 Å². The fourth-order valence-electron chi connectivity index (χ4n) is 1.88. The number of nitrogens with one attached hydrogen (secondary N) is 1. The van der Waals surface area contributed by atoms with Crippen molar-refractivity contribution in [2.45, 2.75) is 13.2 Å². The number of hydrogen-bond donors (Lipinski definition) is 1. The molecule has 2 aromatic carbocycles. The monoisotopic (exact) mass is 307 g/mol. The Labute approximate surface area is 126 Å². The summed E-state index contributed by atoms with van der Waals surface area (Å²) >= 11 is 0. The summed E-state index contributed by atoms with van der Waals surface area (Å²) in [4.78, 5) is 12.0. The topological polar surface area (TPSA) is 47.6 Å². The number of alkyl halides is 2. The van der Waals surface area contributed by atoms with E-state index in [9.17, 15) is 13.6 Å². The number of ether oxygens (including phenoxy) is 2. The number of methoxy groups -OCH3 is 1. The Morgan fingerprint density at radius 1 is 1.14 bits per heavy atom. The smallest absolute Gasteiger partial charge is 0.387 e. The number of benzene rings is 2. The SMILES string of the molecule is COc1cccc(CNC(=O)c2cccc(OC(F)F)c2)c1. The van der Waals surface area contributed by atoms with Gasteiger partial charge in [-0.2, -0.15) is 8.78 Å². The van der Waals surface area contributed by atoms with Crippen molar-refractivity contribution < 1.29 is 23.0 Å². The Hall–Kier alpha value is -2.63. The molecular weight excluding hydrogens is 292 g/mol. The van der Waals surface area contributed by atoms with Crippen LogP contribution in [0.4, 0.5) is 8.78 Å². The van der Waals surface area contributed by atoms with E-state index in [4.69, 9.17) is 4.74 Å². The van der Waals surface area contributed by atoms with Gasteiger partial charge in [-0.25, -0.2) is 0 Å². The van der Waals surface area contributed by atoms with Crippen molar-refractivity contribution in [1.82, 2.24) is 5.32 Å². The highest BCUT2D eigenvalue weighted by Gasteiger charge is 2.09. The average molecular weight is 307 g/mol.